The summed E-state index contributed by atoms with van der Waals surface area (Å²) < 4.78 is 10.6. The third kappa shape index (κ3) is 5.71. The molecule has 0 amide bonds. The van der Waals surface area contributed by atoms with Crippen molar-refractivity contribution < 1.29 is 9.47 Å². The van der Waals surface area contributed by atoms with E-state index >= 15 is 0 Å². The fourth-order valence-corrected chi connectivity index (χ4v) is 2.46. The number of benzene rings is 2. The number of nitrogens with one attached hydrogen (secondary N) is 1. The maximum absolute atomic E-state index is 5.35. The molecule has 0 unspecified atom stereocenters. The lowest BCUT2D eigenvalue weighted by Gasteiger charge is -2.18. The van der Waals surface area contributed by atoms with Gasteiger partial charge in [0.2, 0.25) is 0 Å². The quantitative estimate of drug-likeness (QED) is 0.621. The van der Waals surface area contributed by atoms with E-state index in [9.17, 15) is 0 Å². The first kappa shape index (κ1) is 18.6. The molecular weight excluding hydrogens is 314 g/mol. The smallest absolute Gasteiger partial charge is 0.193 e. The molecule has 1 N–H and O–H groups in total. The predicted molar refractivity (Wildman–Crippen MR) is 103 cm³/mol. The average molecular weight is 341 g/mol. The number of nitrogens with zero attached hydrogens (tertiary/aromatic N) is 2. The van der Waals surface area contributed by atoms with Gasteiger partial charge in [0, 0.05) is 20.6 Å². The largest absolute Gasteiger partial charge is 0.493 e. The van der Waals surface area contributed by atoms with Crippen molar-refractivity contribution >= 4 is 5.96 Å². The first-order valence-electron chi connectivity index (χ1n) is 8.34. The van der Waals surface area contributed by atoms with E-state index in [1.165, 1.54) is 11.1 Å². The molecule has 2 aromatic rings. The Kier molecular flexibility index (Phi) is 7.14. The highest BCUT2D eigenvalue weighted by Gasteiger charge is 2.06. The van der Waals surface area contributed by atoms with Crippen LogP contribution >= 0.6 is 0 Å². The maximum atomic E-state index is 5.35. The van der Waals surface area contributed by atoms with Crippen molar-refractivity contribution in [2.75, 3.05) is 34.9 Å². The second-order valence-electron chi connectivity index (χ2n) is 5.89. The molecule has 0 atom stereocenters. The van der Waals surface area contributed by atoms with Crippen LogP contribution in [0.5, 0.6) is 11.5 Å². The summed E-state index contributed by atoms with van der Waals surface area (Å²) in [6.45, 7) is 1.46. The third-order valence-corrected chi connectivity index (χ3v) is 3.82. The molecule has 0 aliphatic carbocycles. The Labute approximate surface area is 150 Å². The van der Waals surface area contributed by atoms with Gasteiger partial charge < -0.3 is 19.7 Å². The predicted octanol–water partition coefficient (Wildman–Crippen LogP) is 2.95. The molecule has 0 radical (unpaired) electrons. The minimum absolute atomic E-state index is 0.664. The van der Waals surface area contributed by atoms with E-state index in [1.807, 2.05) is 49.3 Å². The van der Waals surface area contributed by atoms with Gasteiger partial charge in [0.25, 0.3) is 0 Å². The third-order valence-electron chi connectivity index (χ3n) is 3.82. The van der Waals surface area contributed by atoms with Gasteiger partial charge in [-0.3, -0.25) is 0 Å². The molecule has 0 saturated carbocycles. The molecule has 25 heavy (non-hydrogen) atoms. The molecule has 2 aromatic carbocycles. The summed E-state index contributed by atoms with van der Waals surface area (Å²) in [6.07, 6.45) is 0.874. The SMILES string of the molecule is COc1ccc(CCNC(=NCc2ccccc2)N(C)C)cc1OC. The van der Waals surface area contributed by atoms with Crippen molar-refractivity contribution in [2.45, 2.75) is 13.0 Å². The molecule has 5 nitrogen and oxygen atoms in total. The van der Waals surface area contributed by atoms with Crippen LogP contribution in [0.15, 0.2) is 53.5 Å². The van der Waals surface area contributed by atoms with Crippen LogP contribution in [0.4, 0.5) is 0 Å². The highest BCUT2D eigenvalue weighted by Crippen LogP contribution is 2.27. The maximum Gasteiger partial charge on any atom is 0.193 e. The summed E-state index contributed by atoms with van der Waals surface area (Å²) in [6, 6.07) is 16.2. The van der Waals surface area contributed by atoms with Crippen LogP contribution in [0.2, 0.25) is 0 Å². The van der Waals surface area contributed by atoms with Crippen LogP contribution in [-0.2, 0) is 13.0 Å². The monoisotopic (exact) mass is 341 g/mol. The van der Waals surface area contributed by atoms with E-state index < -0.39 is 0 Å². The zero-order valence-electron chi connectivity index (χ0n) is 15.5. The Balaban J connectivity index is 1.93. The summed E-state index contributed by atoms with van der Waals surface area (Å²) in [5.41, 5.74) is 2.38. The van der Waals surface area contributed by atoms with Crippen LogP contribution < -0.4 is 14.8 Å². The first-order chi connectivity index (χ1) is 12.1. The van der Waals surface area contributed by atoms with Gasteiger partial charge in [0.05, 0.1) is 20.8 Å². The van der Waals surface area contributed by atoms with Crippen LogP contribution in [0.3, 0.4) is 0 Å². The van der Waals surface area contributed by atoms with E-state index in [4.69, 9.17) is 9.47 Å². The van der Waals surface area contributed by atoms with Crippen molar-refractivity contribution in [3.63, 3.8) is 0 Å². The van der Waals surface area contributed by atoms with Crippen molar-refractivity contribution in [3.05, 3.63) is 59.7 Å². The van der Waals surface area contributed by atoms with Gasteiger partial charge >= 0.3 is 0 Å². The van der Waals surface area contributed by atoms with Gasteiger partial charge in [-0.2, -0.15) is 0 Å². The number of hydrogen-bond acceptors (Lipinski definition) is 3. The summed E-state index contributed by atoms with van der Waals surface area (Å²) in [5, 5.41) is 3.41. The zero-order valence-corrected chi connectivity index (χ0v) is 15.5. The van der Waals surface area contributed by atoms with Crippen molar-refractivity contribution in [1.29, 1.82) is 0 Å². The topological polar surface area (TPSA) is 46.1 Å². The lowest BCUT2D eigenvalue weighted by atomic mass is 10.1. The van der Waals surface area contributed by atoms with Gasteiger partial charge in [0.15, 0.2) is 17.5 Å². The lowest BCUT2D eigenvalue weighted by Crippen LogP contribution is -2.37. The zero-order chi connectivity index (χ0) is 18.1. The number of rotatable bonds is 7. The van der Waals surface area contributed by atoms with E-state index in [0.29, 0.717) is 6.54 Å². The minimum atomic E-state index is 0.664. The Hall–Kier alpha value is -2.69. The molecular formula is C20H27N3O2. The molecule has 0 heterocycles. The van der Waals surface area contributed by atoms with Gasteiger partial charge in [-0.25, -0.2) is 4.99 Å². The van der Waals surface area contributed by atoms with E-state index in [2.05, 4.69) is 28.5 Å². The number of hydrogen-bond donors (Lipinski definition) is 1. The molecule has 0 saturated heterocycles. The first-order valence-corrected chi connectivity index (χ1v) is 8.34. The second kappa shape index (κ2) is 9.57. The highest BCUT2D eigenvalue weighted by molar-refractivity contribution is 5.79. The van der Waals surface area contributed by atoms with Gasteiger partial charge in [-0.05, 0) is 29.7 Å². The van der Waals surface area contributed by atoms with Gasteiger partial charge in [0.1, 0.15) is 0 Å². The molecule has 2 rings (SSSR count). The summed E-state index contributed by atoms with van der Waals surface area (Å²) in [7, 11) is 7.28. The van der Waals surface area contributed by atoms with Gasteiger partial charge in [-0.1, -0.05) is 36.4 Å². The number of aliphatic imine (C=N–C) groups is 1. The summed E-state index contributed by atoms with van der Waals surface area (Å²) in [5.74, 6) is 2.38. The average Bonchev–Trinajstić information content (AvgIpc) is 2.64. The Morgan fingerprint density at radius 1 is 0.960 bits per heavy atom. The van der Waals surface area contributed by atoms with E-state index in [0.717, 1.165) is 30.4 Å². The van der Waals surface area contributed by atoms with E-state index in [1.54, 1.807) is 14.2 Å². The molecule has 0 aromatic heterocycles. The molecule has 134 valence electrons. The highest BCUT2D eigenvalue weighted by atomic mass is 16.5. The Morgan fingerprint density at radius 3 is 2.32 bits per heavy atom. The summed E-state index contributed by atoms with van der Waals surface area (Å²) >= 11 is 0. The Bertz CT molecular complexity index is 685. The number of guanidine groups is 1. The van der Waals surface area contributed by atoms with Crippen LogP contribution in [-0.4, -0.2) is 45.7 Å². The molecule has 0 aliphatic heterocycles. The fraction of sp³-hybridized carbons (Fsp3) is 0.350. The lowest BCUT2D eigenvalue weighted by molar-refractivity contribution is 0.354. The van der Waals surface area contributed by atoms with Crippen LogP contribution in [0, 0.1) is 0 Å². The molecule has 0 aliphatic rings. The number of ether oxygens (including phenoxy) is 2. The van der Waals surface area contributed by atoms with Crippen LogP contribution in [0.1, 0.15) is 11.1 Å². The van der Waals surface area contributed by atoms with Crippen LogP contribution in [0.25, 0.3) is 0 Å². The summed E-state index contributed by atoms with van der Waals surface area (Å²) in [4.78, 5) is 6.67. The normalized spacial score (nSPS) is 11.1. The fourth-order valence-electron chi connectivity index (χ4n) is 2.46. The number of methoxy groups -OCH3 is 2. The molecule has 0 fully saturated rings. The Morgan fingerprint density at radius 2 is 1.68 bits per heavy atom. The molecule has 0 spiro atoms. The molecule has 0 bridgehead atoms. The van der Waals surface area contributed by atoms with Crippen molar-refractivity contribution in [3.8, 4) is 11.5 Å². The minimum Gasteiger partial charge on any atom is -0.493 e. The second-order valence-corrected chi connectivity index (χ2v) is 5.89. The van der Waals surface area contributed by atoms with E-state index in [-0.39, 0.29) is 0 Å². The van der Waals surface area contributed by atoms with Crippen molar-refractivity contribution in [2.24, 2.45) is 4.99 Å². The van der Waals surface area contributed by atoms with Gasteiger partial charge in [-0.15, -0.1) is 0 Å². The van der Waals surface area contributed by atoms with Crippen molar-refractivity contribution in [1.82, 2.24) is 10.2 Å². The standard InChI is InChI=1S/C20H27N3O2/c1-23(2)20(22-15-17-8-6-5-7-9-17)21-13-12-16-10-11-18(24-3)19(14-16)25-4/h5-11,14H,12-13,15H2,1-4H3,(H,21,22). The molecule has 5 heteroatoms.